The molecule has 30 heavy (non-hydrogen) atoms. The lowest BCUT2D eigenvalue weighted by atomic mass is 10.1. The summed E-state index contributed by atoms with van der Waals surface area (Å²) in [6.07, 6.45) is 2.71. The lowest BCUT2D eigenvalue weighted by Crippen LogP contribution is -2.46. The summed E-state index contributed by atoms with van der Waals surface area (Å²) in [7, 11) is 1.90. The minimum Gasteiger partial charge on any atom is -0.352 e. The number of halogens is 4. The summed E-state index contributed by atoms with van der Waals surface area (Å²) in [5.41, 5.74) is 1.72. The molecule has 0 radical (unpaired) electrons. The maximum absolute atomic E-state index is 12.8. The molecule has 6 nitrogen and oxygen atoms in total. The number of nitrogens with zero attached hydrogens (tertiary/aromatic N) is 6. The second-order valence-electron chi connectivity index (χ2n) is 7.09. The van der Waals surface area contributed by atoms with Gasteiger partial charge in [0.15, 0.2) is 5.82 Å². The maximum Gasteiger partial charge on any atom is 0.416 e. The molecule has 3 heterocycles. The van der Waals surface area contributed by atoms with Gasteiger partial charge in [0.25, 0.3) is 0 Å². The lowest BCUT2D eigenvalue weighted by molar-refractivity contribution is -0.137. The van der Waals surface area contributed by atoms with Crippen molar-refractivity contribution in [2.45, 2.75) is 12.7 Å². The van der Waals surface area contributed by atoms with Crippen molar-refractivity contribution in [3.05, 3.63) is 60.2 Å². The molecule has 10 heteroatoms. The van der Waals surface area contributed by atoms with E-state index in [1.165, 1.54) is 17.7 Å². The van der Waals surface area contributed by atoms with Crippen molar-refractivity contribution in [1.82, 2.24) is 24.6 Å². The van der Waals surface area contributed by atoms with Crippen molar-refractivity contribution >= 4 is 18.2 Å². The van der Waals surface area contributed by atoms with Gasteiger partial charge < -0.3 is 4.90 Å². The Morgan fingerprint density at radius 1 is 0.967 bits per heavy atom. The van der Waals surface area contributed by atoms with E-state index in [1.807, 2.05) is 19.4 Å². The second kappa shape index (κ2) is 9.01. The molecule has 0 bridgehead atoms. The number of hydrogen-bond acceptors (Lipinski definition) is 5. The highest BCUT2D eigenvalue weighted by atomic mass is 35.5. The number of aromatic nitrogens is 4. The van der Waals surface area contributed by atoms with Gasteiger partial charge in [0.1, 0.15) is 5.69 Å². The molecule has 1 saturated heterocycles. The fourth-order valence-corrected chi connectivity index (χ4v) is 3.51. The standard InChI is InChI=1S/C20H21F3N6.ClH/c1-27-13-15(12-26-27)14-28-8-10-29(11-9-28)19-18(24-6-7-25-19)16-2-4-17(5-3-16)20(21,22)23;/h2-7,12-13H,8-11,14H2,1H3;1H. The van der Waals surface area contributed by atoms with Crippen molar-refractivity contribution in [3.63, 3.8) is 0 Å². The first-order valence-corrected chi connectivity index (χ1v) is 9.33. The van der Waals surface area contributed by atoms with Crippen LogP contribution in [-0.2, 0) is 19.8 Å². The molecule has 0 N–H and O–H groups in total. The lowest BCUT2D eigenvalue weighted by Gasteiger charge is -2.35. The highest BCUT2D eigenvalue weighted by Gasteiger charge is 2.30. The summed E-state index contributed by atoms with van der Waals surface area (Å²) in [4.78, 5) is 13.4. The average molecular weight is 439 g/mol. The molecular weight excluding hydrogens is 417 g/mol. The van der Waals surface area contributed by atoms with Gasteiger partial charge in [-0.15, -0.1) is 12.4 Å². The van der Waals surface area contributed by atoms with Crippen LogP contribution in [-0.4, -0.2) is 50.8 Å². The van der Waals surface area contributed by atoms with E-state index in [4.69, 9.17) is 0 Å². The SMILES string of the molecule is Cl.Cn1cc(CN2CCN(c3nccnc3-c3ccc(C(F)(F)F)cc3)CC2)cn1. The number of rotatable bonds is 4. The zero-order valence-electron chi connectivity index (χ0n) is 16.4. The quantitative estimate of drug-likeness (QED) is 0.622. The van der Waals surface area contributed by atoms with E-state index in [2.05, 4.69) is 24.9 Å². The molecule has 1 fully saturated rings. The first-order valence-electron chi connectivity index (χ1n) is 9.33. The Morgan fingerprint density at radius 2 is 1.63 bits per heavy atom. The van der Waals surface area contributed by atoms with E-state index in [0.717, 1.165) is 44.9 Å². The zero-order chi connectivity index (χ0) is 20.4. The van der Waals surface area contributed by atoms with Crippen molar-refractivity contribution in [2.75, 3.05) is 31.1 Å². The van der Waals surface area contributed by atoms with Gasteiger partial charge in [0.2, 0.25) is 0 Å². The fourth-order valence-electron chi connectivity index (χ4n) is 3.51. The van der Waals surface area contributed by atoms with Crippen LogP contribution in [0.3, 0.4) is 0 Å². The van der Waals surface area contributed by atoms with E-state index in [1.54, 1.807) is 17.1 Å². The summed E-state index contributed by atoms with van der Waals surface area (Å²) in [6, 6.07) is 5.07. The molecule has 0 aliphatic carbocycles. The van der Waals surface area contributed by atoms with Gasteiger partial charge in [-0.2, -0.15) is 18.3 Å². The number of hydrogen-bond donors (Lipinski definition) is 0. The highest BCUT2D eigenvalue weighted by Crippen LogP contribution is 2.32. The maximum atomic E-state index is 12.8. The van der Waals surface area contributed by atoms with Crippen LogP contribution in [0.5, 0.6) is 0 Å². The Bertz CT molecular complexity index is 965. The Morgan fingerprint density at radius 3 is 2.23 bits per heavy atom. The largest absolute Gasteiger partial charge is 0.416 e. The Labute approximate surface area is 178 Å². The van der Waals surface area contributed by atoms with E-state index >= 15 is 0 Å². The average Bonchev–Trinajstić information content (AvgIpc) is 3.13. The van der Waals surface area contributed by atoms with Crippen molar-refractivity contribution in [1.29, 1.82) is 0 Å². The molecule has 1 aliphatic heterocycles. The summed E-state index contributed by atoms with van der Waals surface area (Å²) in [6.45, 7) is 4.10. The van der Waals surface area contributed by atoms with Gasteiger partial charge in [-0.1, -0.05) is 12.1 Å². The van der Waals surface area contributed by atoms with Crippen LogP contribution in [0.1, 0.15) is 11.1 Å². The van der Waals surface area contributed by atoms with Crippen molar-refractivity contribution in [3.8, 4) is 11.3 Å². The minimum atomic E-state index is -4.35. The van der Waals surface area contributed by atoms with Crippen LogP contribution in [0.15, 0.2) is 49.1 Å². The van der Waals surface area contributed by atoms with Crippen LogP contribution < -0.4 is 4.90 Å². The molecule has 4 rings (SSSR count). The molecule has 0 amide bonds. The smallest absolute Gasteiger partial charge is 0.352 e. The molecule has 3 aromatic rings. The molecule has 2 aromatic heterocycles. The predicted molar refractivity (Wildman–Crippen MR) is 110 cm³/mol. The molecule has 0 saturated carbocycles. The van der Waals surface area contributed by atoms with Gasteiger partial charge in [-0.3, -0.25) is 14.6 Å². The second-order valence-corrected chi connectivity index (χ2v) is 7.09. The minimum absolute atomic E-state index is 0. The number of benzene rings is 1. The first-order chi connectivity index (χ1) is 13.9. The molecule has 0 spiro atoms. The Balaban J connectivity index is 0.00000256. The molecule has 1 aromatic carbocycles. The van der Waals surface area contributed by atoms with Crippen LogP contribution in [0.25, 0.3) is 11.3 Å². The summed E-state index contributed by atoms with van der Waals surface area (Å²) >= 11 is 0. The molecule has 160 valence electrons. The van der Waals surface area contributed by atoms with Gasteiger partial charge in [0, 0.05) is 69.5 Å². The van der Waals surface area contributed by atoms with Crippen LogP contribution in [0.2, 0.25) is 0 Å². The monoisotopic (exact) mass is 438 g/mol. The summed E-state index contributed by atoms with van der Waals surface area (Å²) in [5.74, 6) is 0.702. The predicted octanol–water partition coefficient (Wildman–Crippen LogP) is 3.64. The Kier molecular flexibility index (Phi) is 6.62. The number of alkyl halides is 3. The highest BCUT2D eigenvalue weighted by molar-refractivity contribution is 5.85. The molecule has 0 unspecified atom stereocenters. The third kappa shape index (κ3) is 4.91. The van der Waals surface area contributed by atoms with Crippen LogP contribution in [0.4, 0.5) is 19.0 Å². The van der Waals surface area contributed by atoms with E-state index < -0.39 is 11.7 Å². The molecule has 0 atom stereocenters. The number of piperazine rings is 1. The van der Waals surface area contributed by atoms with Crippen molar-refractivity contribution in [2.24, 2.45) is 7.05 Å². The summed E-state index contributed by atoms with van der Waals surface area (Å²) in [5, 5.41) is 4.20. The molecular formula is C20H22ClF3N6. The van der Waals surface area contributed by atoms with E-state index in [0.29, 0.717) is 17.1 Å². The number of anilines is 1. The van der Waals surface area contributed by atoms with Crippen molar-refractivity contribution < 1.29 is 13.2 Å². The van der Waals surface area contributed by atoms with Gasteiger partial charge in [-0.05, 0) is 12.1 Å². The normalized spacial score (nSPS) is 15.1. The van der Waals surface area contributed by atoms with Crippen LogP contribution in [0, 0.1) is 0 Å². The fraction of sp³-hybridized carbons (Fsp3) is 0.350. The zero-order valence-corrected chi connectivity index (χ0v) is 17.2. The topological polar surface area (TPSA) is 50.1 Å². The third-order valence-electron chi connectivity index (χ3n) is 5.00. The molecule has 1 aliphatic rings. The third-order valence-corrected chi connectivity index (χ3v) is 5.00. The van der Waals surface area contributed by atoms with Gasteiger partial charge in [0.05, 0.1) is 11.8 Å². The van der Waals surface area contributed by atoms with Gasteiger partial charge >= 0.3 is 6.18 Å². The first kappa shape index (κ1) is 22.0. The Hall–Kier alpha value is -2.65. The van der Waals surface area contributed by atoms with Gasteiger partial charge in [-0.25, -0.2) is 4.98 Å². The summed E-state index contributed by atoms with van der Waals surface area (Å²) < 4.78 is 40.3. The van der Waals surface area contributed by atoms with E-state index in [9.17, 15) is 13.2 Å². The van der Waals surface area contributed by atoms with Crippen LogP contribution >= 0.6 is 12.4 Å². The van der Waals surface area contributed by atoms with E-state index in [-0.39, 0.29) is 12.4 Å². The number of aryl methyl sites for hydroxylation is 1.